The third-order valence-corrected chi connectivity index (χ3v) is 6.07. The molecule has 8 heteroatoms. The number of hydrogen-bond acceptors (Lipinski definition) is 5. The molecule has 24 heavy (non-hydrogen) atoms. The number of halogens is 2. The second-order valence-electron chi connectivity index (χ2n) is 5.79. The van der Waals surface area contributed by atoms with E-state index in [0.717, 1.165) is 28.7 Å². The Hall–Kier alpha value is -1.51. The number of anilines is 2. The summed E-state index contributed by atoms with van der Waals surface area (Å²) >= 11 is 4.82. The van der Waals surface area contributed by atoms with Crippen molar-refractivity contribution < 1.29 is 13.9 Å². The molecule has 1 aromatic carbocycles. The number of amides is 1. The van der Waals surface area contributed by atoms with Crippen molar-refractivity contribution in [2.24, 2.45) is 0 Å². The van der Waals surface area contributed by atoms with Crippen LogP contribution >= 0.6 is 27.3 Å². The molecule has 0 spiro atoms. The van der Waals surface area contributed by atoms with Crippen LogP contribution in [0.3, 0.4) is 0 Å². The lowest BCUT2D eigenvalue weighted by Gasteiger charge is -2.26. The summed E-state index contributed by atoms with van der Waals surface area (Å²) in [5.74, 6) is 0.158. The lowest BCUT2D eigenvalue weighted by Crippen LogP contribution is -2.36. The Morgan fingerprint density at radius 3 is 2.92 bits per heavy atom. The molecule has 1 aromatic heterocycles. The maximum atomic E-state index is 13.5. The van der Waals surface area contributed by atoms with Gasteiger partial charge in [0, 0.05) is 25.4 Å². The molecule has 1 amide bonds. The third kappa shape index (κ3) is 2.94. The number of aromatic nitrogens is 1. The summed E-state index contributed by atoms with van der Waals surface area (Å²) in [6, 6.07) is 4.91. The largest absolute Gasteiger partial charge is 0.378 e. The molecular weight excluding hydrogens is 397 g/mol. The van der Waals surface area contributed by atoms with Crippen LogP contribution in [0.15, 0.2) is 22.7 Å². The highest BCUT2D eigenvalue weighted by atomic mass is 79.9. The van der Waals surface area contributed by atoms with Gasteiger partial charge in [-0.3, -0.25) is 4.79 Å². The molecule has 0 unspecified atom stereocenters. The van der Waals surface area contributed by atoms with Gasteiger partial charge in [-0.05, 0) is 33.6 Å². The first kappa shape index (κ1) is 16.0. The number of nitrogens with one attached hydrogen (secondary N) is 1. The van der Waals surface area contributed by atoms with Crippen molar-refractivity contribution in [2.45, 2.75) is 12.3 Å². The zero-order valence-electron chi connectivity index (χ0n) is 12.7. The van der Waals surface area contributed by atoms with Crippen molar-refractivity contribution >= 4 is 44.1 Å². The Balaban J connectivity index is 1.71. The first-order chi connectivity index (χ1) is 11.6. The first-order valence-electron chi connectivity index (χ1n) is 7.70. The van der Waals surface area contributed by atoms with Gasteiger partial charge in [0.25, 0.3) is 0 Å². The van der Waals surface area contributed by atoms with Crippen molar-refractivity contribution in [2.75, 3.05) is 36.5 Å². The zero-order valence-corrected chi connectivity index (χ0v) is 15.1. The van der Waals surface area contributed by atoms with E-state index < -0.39 is 0 Å². The Labute approximate surface area is 151 Å². The highest BCUT2D eigenvalue weighted by Crippen LogP contribution is 2.43. The highest BCUT2D eigenvalue weighted by molar-refractivity contribution is 9.10. The Morgan fingerprint density at radius 2 is 2.17 bits per heavy atom. The summed E-state index contributed by atoms with van der Waals surface area (Å²) in [4.78, 5) is 19.9. The normalized spacial score (nSPS) is 20.7. The van der Waals surface area contributed by atoms with E-state index >= 15 is 0 Å². The SMILES string of the molecule is O=C1C[C@H](c2ccc(F)c(Br)c2)c2sc(N3CCOCC3)nc2N1. The topological polar surface area (TPSA) is 54.5 Å². The van der Waals surface area contributed by atoms with Crippen LogP contribution in [0.25, 0.3) is 0 Å². The smallest absolute Gasteiger partial charge is 0.226 e. The van der Waals surface area contributed by atoms with Gasteiger partial charge in [0.05, 0.1) is 22.6 Å². The molecule has 0 saturated carbocycles. The van der Waals surface area contributed by atoms with Crippen molar-refractivity contribution in [3.8, 4) is 0 Å². The quantitative estimate of drug-likeness (QED) is 0.822. The van der Waals surface area contributed by atoms with Gasteiger partial charge in [0.1, 0.15) is 11.6 Å². The predicted molar refractivity (Wildman–Crippen MR) is 94.3 cm³/mol. The van der Waals surface area contributed by atoms with Crippen molar-refractivity contribution in [1.29, 1.82) is 0 Å². The van der Waals surface area contributed by atoms with E-state index in [2.05, 4.69) is 31.1 Å². The average molecular weight is 412 g/mol. The molecule has 126 valence electrons. The number of morpholine rings is 1. The minimum Gasteiger partial charge on any atom is -0.378 e. The fourth-order valence-corrected chi connectivity index (χ4v) is 4.59. The lowest BCUT2D eigenvalue weighted by atomic mass is 9.91. The molecule has 2 aliphatic heterocycles. The molecule has 1 N–H and O–H groups in total. The second-order valence-corrected chi connectivity index (χ2v) is 7.65. The van der Waals surface area contributed by atoms with E-state index in [-0.39, 0.29) is 17.6 Å². The number of rotatable bonds is 2. The minimum atomic E-state index is -0.308. The third-order valence-electron chi connectivity index (χ3n) is 4.23. The maximum Gasteiger partial charge on any atom is 0.226 e. The van der Waals surface area contributed by atoms with Crippen LogP contribution in [-0.4, -0.2) is 37.2 Å². The van der Waals surface area contributed by atoms with Crippen LogP contribution in [0.4, 0.5) is 15.3 Å². The maximum absolute atomic E-state index is 13.5. The van der Waals surface area contributed by atoms with Gasteiger partial charge in [-0.2, -0.15) is 0 Å². The van der Waals surface area contributed by atoms with E-state index in [4.69, 9.17) is 4.74 Å². The van der Waals surface area contributed by atoms with Crippen molar-refractivity contribution in [3.63, 3.8) is 0 Å². The average Bonchev–Trinajstić information content (AvgIpc) is 3.01. The second kappa shape index (κ2) is 6.42. The van der Waals surface area contributed by atoms with Crippen LogP contribution in [0.5, 0.6) is 0 Å². The summed E-state index contributed by atoms with van der Waals surface area (Å²) in [6.07, 6.45) is 0.343. The number of nitrogens with zero attached hydrogens (tertiary/aromatic N) is 2. The molecule has 0 aliphatic carbocycles. The Bertz CT molecular complexity index is 792. The number of carbonyl (C=O) groups is 1. The van der Waals surface area contributed by atoms with Gasteiger partial charge in [-0.1, -0.05) is 17.4 Å². The number of fused-ring (bicyclic) bond motifs is 1. The number of thiazole rings is 1. The molecule has 2 aromatic rings. The van der Waals surface area contributed by atoms with Crippen LogP contribution in [0.2, 0.25) is 0 Å². The fourth-order valence-electron chi connectivity index (χ4n) is 3.00. The Kier molecular flexibility index (Phi) is 4.28. The molecule has 2 aliphatic rings. The van der Waals surface area contributed by atoms with E-state index in [9.17, 15) is 9.18 Å². The molecule has 4 rings (SSSR count). The van der Waals surface area contributed by atoms with Crippen LogP contribution in [-0.2, 0) is 9.53 Å². The number of carbonyl (C=O) groups excluding carboxylic acids is 1. The molecule has 5 nitrogen and oxygen atoms in total. The molecular formula is C16H15BrFN3O2S. The van der Waals surface area contributed by atoms with E-state index in [1.54, 1.807) is 23.5 Å². The molecule has 0 bridgehead atoms. The van der Waals surface area contributed by atoms with Crippen molar-refractivity contribution in [1.82, 2.24) is 4.98 Å². The van der Waals surface area contributed by atoms with Gasteiger partial charge in [0.2, 0.25) is 5.91 Å². The van der Waals surface area contributed by atoms with Gasteiger partial charge in [-0.25, -0.2) is 9.37 Å². The van der Waals surface area contributed by atoms with Crippen LogP contribution < -0.4 is 10.2 Å². The fraction of sp³-hybridized carbons (Fsp3) is 0.375. The van der Waals surface area contributed by atoms with Gasteiger partial charge in [-0.15, -0.1) is 0 Å². The van der Waals surface area contributed by atoms with E-state index in [1.807, 2.05) is 0 Å². The summed E-state index contributed by atoms with van der Waals surface area (Å²) in [6.45, 7) is 2.97. The zero-order chi connectivity index (χ0) is 16.7. The highest BCUT2D eigenvalue weighted by Gasteiger charge is 2.31. The van der Waals surface area contributed by atoms with Crippen LogP contribution in [0, 0.1) is 5.82 Å². The van der Waals surface area contributed by atoms with Gasteiger partial charge >= 0.3 is 0 Å². The predicted octanol–water partition coefficient (Wildman–Crippen LogP) is 3.36. The monoisotopic (exact) mass is 411 g/mol. The number of benzene rings is 1. The molecule has 1 saturated heterocycles. The summed E-state index contributed by atoms with van der Waals surface area (Å²) in [5.41, 5.74) is 0.913. The van der Waals surface area contributed by atoms with Gasteiger partial charge in [0.15, 0.2) is 5.13 Å². The summed E-state index contributed by atoms with van der Waals surface area (Å²) < 4.78 is 19.3. The van der Waals surface area contributed by atoms with Gasteiger partial charge < -0.3 is 15.0 Å². The number of hydrogen-bond donors (Lipinski definition) is 1. The standard InChI is InChI=1S/C16H15BrFN3O2S/c17-11-7-9(1-2-12(11)18)10-8-13(22)19-15-14(10)24-16(20-15)21-3-5-23-6-4-21/h1-2,7,10H,3-6,8H2,(H,19,22)/t10-/m1/s1. The molecule has 1 fully saturated rings. The molecule has 3 heterocycles. The van der Waals surface area contributed by atoms with E-state index in [0.29, 0.717) is 29.9 Å². The number of ether oxygens (including phenoxy) is 1. The first-order valence-corrected chi connectivity index (χ1v) is 9.31. The van der Waals surface area contributed by atoms with Crippen molar-refractivity contribution in [3.05, 3.63) is 38.9 Å². The van der Waals surface area contributed by atoms with Crippen LogP contribution in [0.1, 0.15) is 22.8 Å². The minimum absolute atomic E-state index is 0.0632. The Morgan fingerprint density at radius 1 is 1.38 bits per heavy atom. The summed E-state index contributed by atoms with van der Waals surface area (Å²) in [5, 5.41) is 3.76. The molecule has 0 radical (unpaired) electrons. The molecule has 1 atom stereocenters. The lowest BCUT2D eigenvalue weighted by molar-refractivity contribution is -0.116. The summed E-state index contributed by atoms with van der Waals surface area (Å²) in [7, 11) is 0. The van der Waals surface area contributed by atoms with E-state index in [1.165, 1.54) is 6.07 Å².